The molecule has 0 atom stereocenters. The maximum atomic E-state index is 14.8. The van der Waals surface area contributed by atoms with Crippen molar-refractivity contribution in [2.45, 2.75) is 44.3 Å². The van der Waals surface area contributed by atoms with Gasteiger partial charge in [-0.1, -0.05) is 0 Å². The van der Waals surface area contributed by atoms with Gasteiger partial charge in [-0.05, 0) is 57.7 Å². The van der Waals surface area contributed by atoms with Crippen LogP contribution in [0.25, 0.3) is 11.3 Å². The summed E-state index contributed by atoms with van der Waals surface area (Å²) in [4.78, 5) is 34.1. The fourth-order valence-corrected chi connectivity index (χ4v) is 3.57. The molecule has 4 rings (SSSR count). The first kappa shape index (κ1) is 22.8. The van der Waals surface area contributed by atoms with E-state index in [1.807, 2.05) is 6.92 Å². The molecule has 11 heteroatoms. The number of hydrogen-bond acceptors (Lipinski definition) is 9. The summed E-state index contributed by atoms with van der Waals surface area (Å²) >= 11 is 1.58. The number of aromatic nitrogens is 5. The monoisotopic (exact) mass is 469 g/mol. The molecule has 0 saturated heterocycles. The molecule has 0 aliphatic heterocycles. The van der Waals surface area contributed by atoms with Crippen molar-refractivity contribution in [2.75, 3.05) is 16.6 Å². The van der Waals surface area contributed by atoms with Crippen molar-refractivity contribution in [3.05, 3.63) is 48.4 Å². The van der Waals surface area contributed by atoms with Gasteiger partial charge in [-0.3, -0.25) is 14.5 Å². The van der Waals surface area contributed by atoms with Crippen LogP contribution in [0, 0.1) is 5.82 Å². The maximum Gasteiger partial charge on any atom is 0.237 e. The SMILES string of the molecule is CCOc1cncc(-c2cnc(NC(=O)C(C)(C)c3ccnc(NSC4CC4)n3)c(F)c2)n1. The molecule has 3 aromatic rings. The average Bonchev–Trinajstić information content (AvgIpc) is 3.64. The minimum Gasteiger partial charge on any atom is -0.477 e. The Labute approximate surface area is 195 Å². The molecular weight excluding hydrogens is 445 g/mol. The third-order valence-corrected chi connectivity index (χ3v) is 6.08. The van der Waals surface area contributed by atoms with E-state index in [-0.39, 0.29) is 5.82 Å². The highest BCUT2D eigenvalue weighted by Gasteiger charge is 2.33. The van der Waals surface area contributed by atoms with Crippen LogP contribution in [0.3, 0.4) is 0 Å². The van der Waals surface area contributed by atoms with Crippen molar-refractivity contribution in [1.29, 1.82) is 0 Å². The highest BCUT2D eigenvalue weighted by molar-refractivity contribution is 8.01. The van der Waals surface area contributed by atoms with Crippen LogP contribution in [0.4, 0.5) is 16.2 Å². The molecule has 172 valence electrons. The van der Waals surface area contributed by atoms with Gasteiger partial charge >= 0.3 is 0 Å². The molecule has 1 aliphatic rings. The third kappa shape index (κ3) is 5.54. The van der Waals surface area contributed by atoms with Crippen molar-refractivity contribution in [3.63, 3.8) is 0 Å². The second-order valence-electron chi connectivity index (χ2n) is 7.99. The largest absolute Gasteiger partial charge is 0.477 e. The van der Waals surface area contributed by atoms with Gasteiger partial charge in [0.05, 0.1) is 35.8 Å². The Morgan fingerprint density at radius 2 is 2.06 bits per heavy atom. The molecule has 1 amide bonds. The number of nitrogens with zero attached hydrogens (tertiary/aromatic N) is 5. The zero-order valence-corrected chi connectivity index (χ0v) is 19.3. The molecule has 3 aromatic heterocycles. The lowest BCUT2D eigenvalue weighted by Gasteiger charge is -2.23. The van der Waals surface area contributed by atoms with Gasteiger partial charge in [0.25, 0.3) is 0 Å². The molecule has 1 saturated carbocycles. The highest BCUT2D eigenvalue weighted by atomic mass is 32.2. The van der Waals surface area contributed by atoms with E-state index in [1.165, 1.54) is 37.5 Å². The van der Waals surface area contributed by atoms with Crippen molar-refractivity contribution < 1.29 is 13.9 Å². The van der Waals surface area contributed by atoms with Gasteiger partial charge < -0.3 is 10.1 Å². The van der Waals surface area contributed by atoms with Crippen molar-refractivity contribution in [2.24, 2.45) is 0 Å². The number of rotatable bonds is 9. The molecule has 0 bridgehead atoms. The van der Waals surface area contributed by atoms with Gasteiger partial charge in [0.1, 0.15) is 0 Å². The zero-order valence-electron chi connectivity index (χ0n) is 18.5. The zero-order chi connectivity index (χ0) is 23.4. The predicted octanol–water partition coefficient (Wildman–Crippen LogP) is 4.01. The average molecular weight is 470 g/mol. The molecular formula is C22H24FN7O2S. The van der Waals surface area contributed by atoms with Crippen LogP contribution in [0.5, 0.6) is 5.88 Å². The van der Waals surface area contributed by atoms with Crippen LogP contribution in [-0.2, 0) is 10.2 Å². The van der Waals surface area contributed by atoms with E-state index in [2.05, 4.69) is 35.0 Å². The molecule has 2 N–H and O–H groups in total. The first-order chi connectivity index (χ1) is 15.9. The van der Waals surface area contributed by atoms with Gasteiger partial charge in [0.2, 0.25) is 17.7 Å². The molecule has 33 heavy (non-hydrogen) atoms. The van der Waals surface area contributed by atoms with E-state index in [0.29, 0.717) is 40.6 Å². The molecule has 0 radical (unpaired) electrons. The third-order valence-electron chi connectivity index (χ3n) is 4.98. The summed E-state index contributed by atoms with van der Waals surface area (Å²) in [5.74, 6) is -0.536. The van der Waals surface area contributed by atoms with Crippen LogP contribution in [-0.4, -0.2) is 42.7 Å². The summed E-state index contributed by atoms with van der Waals surface area (Å²) in [7, 11) is 0. The predicted molar refractivity (Wildman–Crippen MR) is 124 cm³/mol. The molecule has 0 spiro atoms. The Morgan fingerprint density at radius 3 is 2.79 bits per heavy atom. The lowest BCUT2D eigenvalue weighted by atomic mass is 9.88. The van der Waals surface area contributed by atoms with Crippen LogP contribution >= 0.6 is 11.9 Å². The van der Waals surface area contributed by atoms with E-state index >= 15 is 0 Å². The maximum absolute atomic E-state index is 14.8. The number of carbonyl (C=O) groups is 1. The minimum absolute atomic E-state index is 0.178. The lowest BCUT2D eigenvalue weighted by Crippen LogP contribution is -2.36. The summed E-state index contributed by atoms with van der Waals surface area (Å²) in [5, 5.41) is 3.15. The van der Waals surface area contributed by atoms with Gasteiger partial charge in [0, 0.05) is 23.2 Å². The van der Waals surface area contributed by atoms with Crippen LogP contribution in [0.2, 0.25) is 0 Å². The number of hydrogen-bond donors (Lipinski definition) is 2. The Balaban J connectivity index is 1.48. The smallest absolute Gasteiger partial charge is 0.237 e. The second kappa shape index (κ2) is 9.65. The molecule has 0 unspecified atom stereocenters. The quantitative estimate of drug-likeness (QED) is 0.449. The summed E-state index contributed by atoms with van der Waals surface area (Å²) < 4.78 is 23.2. The standard InChI is InChI=1S/C22H24FN7O2S/c1-4-32-18-12-24-11-16(27-18)13-9-15(23)19(26-10-13)29-20(31)22(2,3)17-7-8-25-21(28-17)30-33-14-5-6-14/h7-12,14H,4-6H2,1-3H3,(H,25,28,30)(H,26,29,31). The summed E-state index contributed by atoms with van der Waals surface area (Å²) in [6.07, 6.45) is 8.33. The Hall–Kier alpha value is -3.34. The fraction of sp³-hybridized carbons (Fsp3) is 0.364. The molecule has 1 aliphatic carbocycles. The molecule has 3 heterocycles. The topological polar surface area (TPSA) is 115 Å². The van der Waals surface area contributed by atoms with Gasteiger partial charge in [-0.25, -0.2) is 24.3 Å². The van der Waals surface area contributed by atoms with E-state index in [4.69, 9.17) is 4.74 Å². The Bertz CT molecular complexity index is 1160. The van der Waals surface area contributed by atoms with Gasteiger partial charge in [0.15, 0.2) is 11.6 Å². The fourth-order valence-electron chi connectivity index (χ4n) is 2.83. The first-order valence-corrected chi connectivity index (χ1v) is 11.4. The molecule has 9 nitrogen and oxygen atoms in total. The van der Waals surface area contributed by atoms with E-state index in [9.17, 15) is 9.18 Å². The van der Waals surface area contributed by atoms with Crippen LogP contribution in [0.1, 0.15) is 39.3 Å². The summed E-state index contributed by atoms with van der Waals surface area (Å²) in [6, 6.07) is 2.92. The normalized spacial score (nSPS) is 13.5. The van der Waals surface area contributed by atoms with Gasteiger partial charge in [-0.15, -0.1) is 0 Å². The first-order valence-electron chi connectivity index (χ1n) is 10.5. The minimum atomic E-state index is -1.05. The lowest BCUT2D eigenvalue weighted by molar-refractivity contribution is -0.120. The number of nitrogens with one attached hydrogen (secondary N) is 2. The Kier molecular flexibility index (Phi) is 6.68. The van der Waals surface area contributed by atoms with Crippen molar-refractivity contribution >= 4 is 29.6 Å². The number of pyridine rings is 1. The number of anilines is 2. The summed E-state index contributed by atoms with van der Waals surface area (Å²) in [5.41, 5.74) is 0.288. The van der Waals surface area contributed by atoms with Crippen molar-refractivity contribution in [1.82, 2.24) is 24.9 Å². The number of carbonyl (C=O) groups excluding carboxylic acids is 1. The Morgan fingerprint density at radius 1 is 1.24 bits per heavy atom. The van der Waals surface area contributed by atoms with E-state index < -0.39 is 17.1 Å². The number of ether oxygens (including phenoxy) is 1. The van der Waals surface area contributed by atoms with E-state index in [0.717, 1.165) is 0 Å². The summed E-state index contributed by atoms with van der Waals surface area (Å²) in [6.45, 7) is 5.70. The number of halogens is 1. The van der Waals surface area contributed by atoms with Crippen LogP contribution in [0.15, 0.2) is 36.9 Å². The highest BCUT2D eigenvalue weighted by Crippen LogP contribution is 2.34. The van der Waals surface area contributed by atoms with Gasteiger partial charge in [-0.2, -0.15) is 0 Å². The van der Waals surface area contributed by atoms with E-state index in [1.54, 1.807) is 38.1 Å². The van der Waals surface area contributed by atoms with Crippen molar-refractivity contribution in [3.8, 4) is 17.1 Å². The molecule has 1 fully saturated rings. The molecule has 0 aromatic carbocycles. The second-order valence-corrected chi connectivity index (χ2v) is 9.10. The van der Waals surface area contributed by atoms with Crippen LogP contribution < -0.4 is 14.8 Å². The number of amides is 1.